The van der Waals surface area contributed by atoms with Gasteiger partial charge in [-0.3, -0.25) is 19.3 Å². The Bertz CT molecular complexity index is 762. The highest BCUT2D eigenvalue weighted by Crippen LogP contribution is 2.40. The first-order chi connectivity index (χ1) is 11.6. The van der Waals surface area contributed by atoms with Crippen molar-refractivity contribution in [2.24, 2.45) is 5.92 Å². The highest BCUT2D eigenvalue weighted by molar-refractivity contribution is 7.80. The van der Waals surface area contributed by atoms with E-state index in [4.69, 9.17) is 21.7 Å². The van der Waals surface area contributed by atoms with Crippen LogP contribution >= 0.6 is 12.2 Å². The maximum atomic E-state index is 11.8. The van der Waals surface area contributed by atoms with Crippen LogP contribution in [0.3, 0.4) is 0 Å². The van der Waals surface area contributed by atoms with Gasteiger partial charge in [0, 0.05) is 5.70 Å². The number of allylic oxidation sites excluding steroid dienone is 1. The minimum absolute atomic E-state index is 0.0123. The fraction of sp³-hybridized carbons (Fsp3) is 0.200. The largest absolute Gasteiger partial charge is 0.481 e. The molecular formula is C15H12N2O6S. The van der Waals surface area contributed by atoms with Crippen molar-refractivity contribution in [2.45, 2.75) is 6.04 Å². The van der Waals surface area contributed by atoms with E-state index in [-0.39, 0.29) is 17.6 Å². The molecule has 0 aliphatic carbocycles. The molecule has 124 valence electrons. The van der Waals surface area contributed by atoms with Gasteiger partial charge in [0.15, 0.2) is 16.6 Å². The van der Waals surface area contributed by atoms with Crippen LogP contribution in [-0.2, 0) is 14.4 Å². The summed E-state index contributed by atoms with van der Waals surface area (Å²) in [6, 6.07) is 3.95. The molecule has 9 heteroatoms. The summed E-state index contributed by atoms with van der Waals surface area (Å²) >= 11 is 5.11. The van der Waals surface area contributed by atoms with Gasteiger partial charge in [-0.1, -0.05) is 6.07 Å². The normalized spacial score (nSPS) is 23.8. The number of rotatable bonds is 4. The summed E-state index contributed by atoms with van der Waals surface area (Å²) in [5, 5.41) is 12.3. The summed E-state index contributed by atoms with van der Waals surface area (Å²) in [6.07, 6.45) is 2.01. The first-order valence-electron chi connectivity index (χ1n) is 6.89. The molecule has 0 spiro atoms. The highest BCUT2D eigenvalue weighted by atomic mass is 32.1. The average Bonchev–Trinajstić information content (AvgIpc) is 3.01. The van der Waals surface area contributed by atoms with Crippen LogP contribution < -0.4 is 14.8 Å². The van der Waals surface area contributed by atoms with E-state index in [9.17, 15) is 19.5 Å². The number of carbonyl (C=O) groups is 3. The van der Waals surface area contributed by atoms with Crippen molar-refractivity contribution in [3.63, 3.8) is 0 Å². The number of hydrogen-bond donors (Lipinski definition) is 2. The van der Waals surface area contributed by atoms with Crippen LogP contribution in [0.15, 0.2) is 30.0 Å². The predicted molar refractivity (Wildman–Crippen MR) is 84.2 cm³/mol. The molecule has 3 rings (SSSR count). The lowest BCUT2D eigenvalue weighted by Crippen LogP contribution is -2.52. The Kier molecular flexibility index (Phi) is 4.17. The molecule has 0 saturated carbocycles. The fourth-order valence-electron chi connectivity index (χ4n) is 2.77. The number of nitrogens with zero attached hydrogens (tertiary/aromatic N) is 1. The van der Waals surface area contributed by atoms with E-state index >= 15 is 0 Å². The lowest BCUT2D eigenvalue weighted by molar-refractivity contribution is -0.143. The Morgan fingerprint density at radius 2 is 2.08 bits per heavy atom. The van der Waals surface area contributed by atoms with Gasteiger partial charge in [-0.25, -0.2) is 0 Å². The number of ether oxygens (including phenoxy) is 2. The third-order valence-corrected chi connectivity index (χ3v) is 4.11. The third-order valence-electron chi connectivity index (χ3n) is 3.80. The highest BCUT2D eigenvalue weighted by Gasteiger charge is 2.43. The molecule has 2 unspecified atom stereocenters. The van der Waals surface area contributed by atoms with Crippen molar-refractivity contribution in [3.05, 3.63) is 35.5 Å². The third kappa shape index (κ3) is 2.58. The first kappa shape index (κ1) is 15.9. The molecule has 1 fully saturated rings. The number of carboxylic acids is 1. The maximum absolute atomic E-state index is 11.8. The number of fused-ring (bicyclic) bond motifs is 1. The molecule has 24 heavy (non-hydrogen) atoms. The molecule has 0 aromatic heterocycles. The average molecular weight is 348 g/mol. The molecule has 1 aromatic rings. The summed E-state index contributed by atoms with van der Waals surface area (Å²) in [7, 11) is 0. The summed E-state index contributed by atoms with van der Waals surface area (Å²) < 4.78 is 10.5. The first-order valence-corrected chi connectivity index (χ1v) is 7.30. The number of amides is 1. The smallest absolute Gasteiger partial charge is 0.315 e. The second kappa shape index (κ2) is 6.28. The molecule has 1 aromatic carbocycles. The van der Waals surface area contributed by atoms with Gasteiger partial charge in [-0.2, -0.15) is 0 Å². The zero-order valence-corrected chi connectivity index (χ0v) is 13.0. The van der Waals surface area contributed by atoms with E-state index in [1.807, 2.05) is 0 Å². The number of benzene rings is 1. The molecule has 8 nitrogen and oxygen atoms in total. The molecule has 2 aliphatic rings. The van der Waals surface area contributed by atoms with Crippen LogP contribution in [0.1, 0.15) is 11.6 Å². The zero-order chi connectivity index (χ0) is 17.3. The van der Waals surface area contributed by atoms with Gasteiger partial charge in [-0.05, 0) is 36.0 Å². The van der Waals surface area contributed by atoms with Gasteiger partial charge in [-0.15, -0.1) is 0 Å². The van der Waals surface area contributed by atoms with Crippen LogP contribution in [0.25, 0.3) is 0 Å². The van der Waals surface area contributed by atoms with Gasteiger partial charge >= 0.3 is 5.97 Å². The van der Waals surface area contributed by atoms with E-state index < -0.39 is 17.9 Å². The van der Waals surface area contributed by atoms with Crippen molar-refractivity contribution in [3.8, 4) is 11.5 Å². The molecule has 0 radical (unpaired) electrons. The monoisotopic (exact) mass is 348 g/mol. The van der Waals surface area contributed by atoms with Crippen LogP contribution in [0.2, 0.25) is 0 Å². The number of thiocarbonyl (C=S) groups is 1. The van der Waals surface area contributed by atoms with Crippen molar-refractivity contribution in [1.29, 1.82) is 0 Å². The molecule has 2 atom stereocenters. The van der Waals surface area contributed by atoms with Crippen LogP contribution in [-0.4, -0.2) is 40.6 Å². The molecule has 1 amide bonds. The van der Waals surface area contributed by atoms with E-state index in [2.05, 4.69) is 5.32 Å². The van der Waals surface area contributed by atoms with Gasteiger partial charge in [0.25, 0.3) is 0 Å². The van der Waals surface area contributed by atoms with Gasteiger partial charge in [0.1, 0.15) is 12.2 Å². The molecule has 2 N–H and O–H groups in total. The molecule has 1 saturated heterocycles. The number of carbonyl (C=O) groups excluding carboxylic acids is 2. The Morgan fingerprint density at radius 3 is 2.75 bits per heavy atom. The van der Waals surface area contributed by atoms with Crippen molar-refractivity contribution in [1.82, 2.24) is 10.2 Å². The number of aliphatic carboxylic acids is 1. The Labute approximate surface area is 141 Å². The van der Waals surface area contributed by atoms with Crippen molar-refractivity contribution in [2.75, 3.05) is 6.79 Å². The fourth-order valence-corrected chi connectivity index (χ4v) is 3.05. The molecule has 2 heterocycles. The molecule has 2 aliphatic heterocycles. The molecule has 0 bridgehead atoms. The lowest BCUT2D eigenvalue weighted by atomic mass is 9.87. The second-order valence-electron chi connectivity index (χ2n) is 5.07. The standard InChI is InChI=1S/C15H12N2O6S/c18-4-3-9-12(14(20)21)13(17(6-19)15(24)16-9)8-1-2-10-11(5-8)23-7-22-10/h1-6,12-13H,7H2,(H,16,24)(H,20,21)/b9-3+. The number of carboxylic acid groups (broad SMARTS) is 1. The van der Waals surface area contributed by atoms with Crippen molar-refractivity contribution >= 4 is 36.0 Å². The van der Waals surface area contributed by atoms with E-state index in [1.165, 1.54) is 0 Å². The summed E-state index contributed by atoms with van der Waals surface area (Å²) in [5.41, 5.74) is 0.614. The van der Waals surface area contributed by atoms with E-state index in [0.29, 0.717) is 29.8 Å². The Morgan fingerprint density at radius 1 is 1.33 bits per heavy atom. The van der Waals surface area contributed by atoms with E-state index in [1.54, 1.807) is 18.2 Å². The summed E-state index contributed by atoms with van der Waals surface area (Å²) in [4.78, 5) is 35.2. The second-order valence-corrected chi connectivity index (χ2v) is 5.46. The molecular weight excluding hydrogens is 336 g/mol. The SMILES string of the molecule is O=C/C=C1/NC(=S)N(C=O)C(c2ccc3c(c2)OCO3)C1C(=O)O. The summed E-state index contributed by atoms with van der Waals surface area (Å²) in [6.45, 7) is 0.0689. The predicted octanol–water partition coefficient (Wildman–Crippen LogP) is 0.587. The van der Waals surface area contributed by atoms with Gasteiger partial charge < -0.3 is 19.9 Å². The van der Waals surface area contributed by atoms with Crippen LogP contribution in [0.5, 0.6) is 11.5 Å². The minimum atomic E-state index is -1.20. The number of hydrogen-bond acceptors (Lipinski definition) is 6. The maximum Gasteiger partial charge on any atom is 0.315 e. The van der Waals surface area contributed by atoms with Crippen LogP contribution in [0, 0.1) is 5.92 Å². The Hall–Kier alpha value is -2.94. The summed E-state index contributed by atoms with van der Waals surface area (Å²) in [5.74, 6) is -1.41. The lowest BCUT2D eigenvalue weighted by Gasteiger charge is -2.39. The van der Waals surface area contributed by atoms with Crippen LogP contribution in [0.4, 0.5) is 0 Å². The Balaban J connectivity index is 2.12. The number of aldehydes is 1. The van der Waals surface area contributed by atoms with Gasteiger partial charge in [0.2, 0.25) is 13.2 Å². The minimum Gasteiger partial charge on any atom is -0.481 e. The van der Waals surface area contributed by atoms with E-state index in [0.717, 1.165) is 11.0 Å². The van der Waals surface area contributed by atoms with Crippen molar-refractivity contribution < 1.29 is 29.0 Å². The topological polar surface area (TPSA) is 105 Å². The van der Waals surface area contributed by atoms with Gasteiger partial charge in [0.05, 0.1) is 6.04 Å². The zero-order valence-electron chi connectivity index (χ0n) is 12.2. The quantitative estimate of drug-likeness (QED) is 0.463. The number of nitrogens with one attached hydrogen (secondary N) is 1.